The van der Waals surface area contributed by atoms with Crippen molar-refractivity contribution < 1.29 is 14.7 Å². The van der Waals surface area contributed by atoms with Gasteiger partial charge in [-0.2, -0.15) is 11.8 Å². The predicted octanol–water partition coefficient (Wildman–Crippen LogP) is 2.87. The van der Waals surface area contributed by atoms with E-state index in [0.717, 1.165) is 12.2 Å². The van der Waals surface area contributed by atoms with Crippen molar-refractivity contribution in [2.45, 2.75) is 31.6 Å². The van der Waals surface area contributed by atoms with Crippen LogP contribution in [0.2, 0.25) is 0 Å². The fourth-order valence-corrected chi connectivity index (χ4v) is 3.22. The first kappa shape index (κ1) is 15.9. The van der Waals surface area contributed by atoms with Crippen LogP contribution < -0.4 is 0 Å². The first-order chi connectivity index (χ1) is 10.0. The summed E-state index contributed by atoms with van der Waals surface area (Å²) in [6.45, 7) is 2.55. The topological polar surface area (TPSA) is 57.6 Å². The summed E-state index contributed by atoms with van der Waals surface area (Å²) in [6.07, 6.45) is 3.43. The quantitative estimate of drug-likeness (QED) is 0.929. The van der Waals surface area contributed by atoms with Gasteiger partial charge in [0, 0.05) is 17.9 Å². The monoisotopic (exact) mass is 307 g/mol. The van der Waals surface area contributed by atoms with Crippen molar-refractivity contribution in [3.05, 3.63) is 35.4 Å². The lowest BCUT2D eigenvalue weighted by Crippen LogP contribution is -2.49. The van der Waals surface area contributed by atoms with Gasteiger partial charge in [0.1, 0.15) is 6.04 Å². The van der Waals surface area contributed by atoms with E-state index in [1.54, 1.807) is 23.9 Å². The number of carbonyl (C=O) groups is 2. The summed E-state index contributed by atoms with van der Waals surface area (Å²) in [7, 11) is 0. The number of aliphatic carboxylic acids is 1. The number of rotatable bonds is 4. The Morgan fingerprint density at radius 1 is 1.33 bits per heavy atom. The maximum absolute atomic E-state index is 12.5. The van der Waals surface area contributed by atoms with Gasteiger partial charge in [-0.25, -0.2) is 4.79 Å². The molecule has 5 heteroatoms. The van der Waals surface area contributed by atoms with Gasteiger partial charge in [-0.3, -0.25) is 4.79 Å². The van der Waals surface area contributed by atoms with Crippen LogP contribution in [0.5, 0.6) is 0 Å². The number of benzene rings is 1. The van der Waals surface area contributed by atoms with Gasteiger partial charge >= 0.3 is 5.97 Å². The molecule has 1 aliphatic heterocycles. The highest BCUT2D eigenvalue weighted by Gasteiger charge is 2.35. The van der Waals surface area contributed by atoms with E-state index in [0.29, 0.717) is 24.4 Å². The average Bonchev–Trinajstić information content (AvgIpc) is 2.47. The van der Waals surface area contributed by atoms with E-state index in [4.69, 9.17) is 0 Å². The summed E-state index contributed by atoms with van der Waals surface area (Å²) in [5.74, 6) is 0.172. The third-order valence-corrected chi connectivity index (χ3v) is 4.54. The molecule has 1 saturated heterocycles. The molecule has 114 valence electrons. The fraction of sp³-hybridized carbons (Fsp3) is 0.500. The van der Waals surface area contributed by atoms with Gasteiger partial charge in [0.05, 0.1) is 0 Å². The Labute approximate surface area is 129 Å². The number of likely N-dealkylation sites (tertiary alicyclic amines) is 1. The third kappa shape index (κ3) is 3.79. The molecular formula is C16H21NO3S. The Morgan fingerprint density at radius 3 is 2.57 bits per heavy atom. The number of thioether (sulfide) groups is 1. The molecule has 1 heterocycles. The molecule has 1 aromatic rings. The highest BCUT2D eigenvalue weighted by molar-refractivity contribution is 7.97. The number of amides is 1. The van der Waals surface area contributed by atoms with E-state index in [1.165, 1.54) is 10.5 Å². The first-order valence-corrected chi connectivity index (χ1v) is 8.54. The summed E-state index contributed by atoms with van der Waals surface area (Å²) in [4.78, 5) is 25.4. The predicted molar refractivity (Wildman–Crippen MR) is 84.5 cm³/mol. The highest BCUT2D eigenvalue weighted by atomic mass is 32.2. The molecule has 2 rings (SSSR count). The minimum atomic E-state index is -0.908. The van der Waals surface area contributed by atoms with E-state index >= 15 is 0 Å². The summed E-state index contributed by atoms with van der Waals surface area (Å²) in [5, 5.41) is 9.34. The maximum atomic E-state index is 12.5. The Morgan fingerprint density at radius 2 is 2.00 bits per heavy atom. The largest absolute Gasteiger partial charge is 0.480 e. The fourth-order valence-electron chi connectivity index (χ4n) is 2.69. The molecule has 0 aliphatic carbocycles. The minimum Gasteiger partial charge on any atom is -0.480 e. The zero-order valence-electron chi connectivity index (χ0n) is 12.4. The van der Waals surface area contributed by atoms with E-state index < -0.39 is 12.0 Å². The molecule has 0 radical (unpaired) electrons. The second kappa shape index (κ2) is 6.98. The molecule has 0 spiro atoms. The summed E-state index contributed by atoms with van der Waals surface area (Å²) < 4.78 is 0. The molecule has 0 saturated carbocycles. The normalized spacial score (nSPS) is 22.1. The Kier molecular flexibility index (Phi) is 5.28. The molecule has 1 N–H and O–H groups in total. The van der Waals surface area contributed by atoms with Crippen LogP contribution in [-0.2, 0) is 10.5 Å². The summed E-state index contributed by atoms with van der Waals surface area (Å²) in [5.41, 5.74) is 1.74. The summed E-state index contributed by atoms with van der Waals surface area (Å²) >= 11 is 1.73. The van der Waals surface area contributed by atoms with Crippen LogP contribution in [0.3, 0.4) is 0 Å². The maximum Gasteiger partial charge on any atom is 0.326 e. The molecule has 1 aromatic carbocycles. The van der Waals surface area contributed by atoms with E-state index in [2.05, 4.69) is 0 Å². The van der Waals surface area contributed by atoms with Crippen molar-refractivity contribution in [3.8, 4) is 0 Å². The number of carbonyl (C=O) groups excluding carboxylic acids is 1. The van der Waals surface area contributed by atoms with E-state index in [1.807, 2.05) is 25.3 Å². The van der Waals surface area contributed by atoms with Crippen molar-refractivity contribution >= 4 is 23.6 Å². The Hall–Kier alpha value is -1.49. The second-order valence-corrected chi connectivity index (χ2v) is 6.48. The van der Waals surface area contributed by atoms with E-state index in [-0.39, 0.29) is 5.91 Å². The average molecular weight is 307 g/mol. The number of nitrogens with zero attached hydrogens (tertiary/aromatic N) is 1. The molecule has 0 bridgehead atoms. The summed E-state index contributed by atoms with van der Waals surface area (Å²) in [6, 6.07) is 6.76. The third-order valence-electron chi connectivity index (χ3n) is 3.92. The highest BCUT2D eigenvalue weighted by Crippen LogP contribution is 2.24. The van der Waals surface area contributed by atoms with Crippen LogP contribution in [0.4, 0.5) is 0 Å². The van der Waals surface area contributed by atoms with Crippen molar-refractivity contribution in [1.29, 1.82) is 0 Å². The number of carboxylic acid groups (broad SMARTS) is 1. The van der Waals surface area contributed by atoms with Crippen molar-refractivity contribution in [2.75, 3.05) is 12.8 Å². The molecule has 21 heavy (non-hydrogen) atoms. The molecule has 1 amide bonds. The lowest BCUT2D eigenvalue weighted by atomic mass is 9.92. The lowest BCUT2D eigenvalue weighted by Gasteiger charge is -2.36. The minimum absolute atomic E-state index is 0.176. The first-order valence-electron chi connectivity index (χ1n) is 7.14. The van der Waals surface area contributed by atoms with Gasteiger partial charge in [0.25, 0.3) is 5.91 Å². The molecule has 0 aromatic heterocycles. The van der Waals surface area contributed by atoms with Crippen molar-refractivity contribution in [2.24, 2.45) is 5.92 Å². The zero-order valence-corrected chi connectivity index (χ0v) is 13.2. The van der Waals surface area contributed by atoms with Crippen LogP contribution >= 0.6 is 11.8 Å². The molecule has 1 aliphatic rings. The zero-order chi connectivity index (χ0) is 15.4. The molecule has 2 unspecified atom stereocenters. The van der Waals surface area contributed by atoms with Crippen LogP contribution in [0.15, 0.2) is 24.3 Å². The standard InChI is InChI=1S/C16H21NO3S/c1-11-7-8-17(14(9-11)16(19)20)15(18)13-5-3-12(4-6-13)10-21-2/h3-6,11,14H,7-10H2,1-2H3,(H,19,20). The SMILES string of the molecule is CSCc1ccc(C(=O)N2CCC(C)CC2C(=O)O)cc1. The second-order valence-electron chi connectivity index (χ2n) is 5.61. The Bertz CT molecular complexity index is 515. The van der Waals surface area contributed by atoms with Gasteiger partial charge in [0.15, 0.2) is 0 Å². The van der Waals surface area contributed by atoms with Gasteiger partial charge in [-0.05, 0) is 42.7 Å². The smallest absolute Gasteiger partial charge is 0.326 e. The van der Waals surface area contributed by atoms with Crippen LogP contribution in [0, 0.1) is 5.92 Å². The molecule has 1 fully saturated rings. The van der Waals surface area contributed by atoms with Gasteiger partial charge in [0.2, 0.25) is 0 Å². The van der Waals surface area contributed by atoms with Gasteiger partial charge in [-0.15, -0.1) is 0 Å². The number of carboxylic acids is 1. The van der Waals surface area contributed by atoms with Gasteiger partial charge in [-0.1, -0.05) is 19.1 Å². The number of piperidine rings is 1. The molecular weight excluding hydrogens is 286 g/mol. The Balaban J connectivity index is 2.15. The number of hydrogen-bond donors (Lipinski definition) is 1. The van der Waals surface area contributed by atoms with Crippen molar-refractivity contribution in [1.82, 2.24) is 4.90 Å². The molecule has 4 nitrogen and oxygen atoms in total. The molecule has 2 atom stereocenters. The lowest BCUT2D eigenvalue weighted by molar-refractivity contribution is -0.144. The van der Waals surface area contributed by atoms with Crippen LogP contribution in [-0.4, -0.2) is 40.7 Å². The van der Waals surface area contributed by atoms with Crippen LogP contribution in [0.25, 0.3) is 0 Å². The van der Waals surface area contributed by atoms with Gasteiger partial charge < -0.3 is 10.0 Å². The van der Waals surface area contributed by atoms with Crippen LogP contribution in [0.1, 0.15) is 35.7 Å². The number of hydrogen-bond acceptors (Lipinski definition) is 3. The van der Waals surface area contributed by atoms with E-state index in [9.17, 15) is 14.7 Å². The van der Waals surface area contributed by atoms with Crippen molar-refractivity contribution in [3.63, 3.8) is 0 Å².